The first kappa shape index (κ1) is 7.34. The number of fused-ring (bicyclic) bond motifs is 1. The van der Waals surface area contributed by atoms with Gasteiger partial charge in [-0.25, -0.2) is 4.98 Å². The van der Waals surface area contributed by atoms with E-state index >= 15 is 0 Å². The Hall–Kier alpha value is -1.32. The van der Waals surface area contributed by atoms with Crippen molar-refractivity contribution in [3.63, 3.8) is 0 Å². The van der Waals surface area contributed by atoms with Gasteiger partial charge in [-0.05, 0) is 6.42 Å². The summed E-state index contributed by atoms with van der Waals surface area (Å²) in [5.74, 6) is -0.154. The maximum absolute atomic E-state index is 10.6. The molecule has 0 fully saturated rings. The predicted octanol–water partition coefficient (Wildman–Crippen LogP) is 0.864. The van der Waals surface area contributed by atoms with Gasteiger partial charge in [0, 0.05) is 12.8 Å². The Morgan fingerprint density at radius 3 is 3.33 bits per heavy atom. The summed E-state index contributed by atoms with van der Waals surface area (Å²) in [5.41, 5.74) is 0.814. The van der Waals surface area contributed by atoms with E-state index in [0.717, 1.165) is 11.5 Å². The third-order valence-corrected chi connectivity index (χ3v) is 2.23. The molecule has 1 aliphatic rings. The molecule has 0 saturated heterocycles. The number of hydrogen-bond donors (Lipinski definition) is 1. The fourth-order valence-corrected chi connectivity index (χ4v) is 1.51. The topological polar surface area (TPSA) is 63.3 Å². The predicted molar refractivity (Wildman–Crippen MR) is 39.7 cm³/mol. The molecular weight excluding hydrogens is 158 g/mol. The number of carboxylic acid groups (broad SMARTS) is 1. The first-order valence-corrected chi connectivity index (χ1v) is 3.91. The quantitative estimate of drug-likeness (QED) is 0.673. The van der Waals surface area contributed by atoms with E-state index in [1.807, 2.05) is 0 Å². The molecule has 1 aromatic rings. The van der Waals surface area contributed by atoms with Gasteiger partial charge in [0.2, 0.25) is 0 Å². The van der Waals surface area contributed by atoms with Crippen LogP contribution < -0.4 is 0 Å². The Kier molecular flexibility index (Phi) is 1.60. The molecular formula is C8H9NO3. The lowest BCUT2D eigenvalue weighted by Crippen LogP contribution is -2.21. The molecule has 0 aliphatic heterocycles. The Labute approximate surface area is 69.2 Å². The van der Waals surface area contributed by atoms with Crippen molar-refractivity contribution in [1.82, 2.24) is 4.98 Å². The van der Waals surface area contributed by atoms with E-state index in [9.17, 15) is 4.79 Å². The van der Waals surface area contributed by atoms with Crippen LogP contribution in [0.15, 0.2) is 10.8 Å². The van der Waals surface area contributed by atoms with Gasteiger partial charge in [0.1, 0.15) is 5.76 Å². The fraction of sp³-hybridized carbons (Fsp3) is 0.500. The molecule has 4 nitrogen and oxygen atoms in total. The third kappa shape index (κ3) is 1.09. The minimum absolute atomic E-state index is 0.275. The van der Waals surface area contributed by atoms with Crippen molar-refractivity contribution < 1.29 is 14.3 Å². The number of carboxylic acids is 1. The van der Waals surface area contributed by atoms with E-state index in [4.69, 9.17) is 9.52 Å². The minimum atomic E-state index is -0.733. The van der Waals surface area contributed by atoms with Crippen LogP contribution in [-0.2, 0) is 17.6 Å². The fourth-order valence-electron chi connectivity index (χ4n) is 1.51. The van der Waals surface area contributed by atoms with Gasteiger partial charge in [-0.15, -0.1) is 0 Å². The van der Waals surface area contributed by atoms with Crippen LogP contribution in [-0.4, -0.2) is 16.1 Å². The summed E-state index contributed by atoms with van der Waals surface area (Å²) in [4.78, 5) is 14.6. The van der Waals surface area contributed by atoms with Crippen LogP contribution in [0.4, 0.5) is 0 Å². The van der Waals surface area contributed by atoms with Crippen molar-refractivity contribution in [1.29, 1.82) is 0 Å². The number of rotatable bonds is 1. The van der Waals surface area contributed by atoms with Gasteiger partial charge in [-0.3, -0.25) is 4.79 Å². The normalized spacial score (nSPS) is 21.8. The number of hydrogen-bond acceptors (Lipinski definition) is 3. The van der Waals surface area contributed by atoms with Gasteiger partial charge in [-0.2, -0.15) is 0 Å². The average molecular weight is 167 g/mol. The zero-order valence-electron chi connectivity index (χ0n) is 6.49. The standard InChI is InChI=1S/C8H9NO3/c10-8(11)5-1-2-7-6(3-5)9-4-12-7/h4-5H,1-3H2,(H,10,11). The second-order valence-electron chi connectivity index (χ2n) is 3.00. The summed E-state index contributed by atoms with van der Waals surface area (Å²) < 4.78 is 5.08. The van der Waals surface area contributed by atoms with Gasteiger partial charge in [-0.1, -0.05) is 0 Å². The molecule has 0 bridgehead atoms. The van der Waals surface area contributed by atoms with E-state index in [0.29, 0.717) is 19.3 Å². The van der Waals surface area contributed by atoms with E-state index in [1.165, 1.54) is 6.39 Å². The van der Waals surface area contributed by atoms with Crippen molar-refractivity contribution in [2.45, 2.75) is 19.3 Å². The van der Waals surface area contributed by atoms with Crippen molar-refractivity contribution in [3.05, 3.63) is 17.8 Å². The van der Waals surface area contributed by atoms with Crippen LogP contribution in [0, 0.1) is 5.92 Å². The first-order valence-electron chi connectivity index (χ1n) is 3.91. The van der Waals surface area contributed by atoms with Gasteiger partial charge in [0.05, 0.1) is 11.6 Å². The Balaban J connectivity index is 2.20. The lowest BCUT2D eigenvalue weighted by molar-refractivity contribution is -0.142. The Morgan fingerprint density at radius 2 is 2.58 bits per heavy atom. The molecule has 0 spiro atoms. The highest BCUT2D eigenvalue weighted by Gasteiger charge is 2.26. The smallest absolute Gasteiger partial charge is 0.306 e. The highest BCUT2D eigenvalue weighted by molar-refractivity contribution is 5.70. The van der Waals surface area contributed by atoms with Crippen LogP contribution >= 0.6 is 0 Å². The average Bonchev–Trinajstić information content (AvgIpc) is 2.49. The van der Waals surface area contributed by atoms with E-state index in [1.54, 1.807) is 0 Å². The highest BCUT2D eigenvalue weighted by atomic mass is 16.4. The summed E-state index contributed by atoms with van der Waals surface area (Å²) in [6.07, 6.45) is 3.26. The lowest BCUT2D eigenvalue weighted by Gasteiger charge is -2.15. The highest BCUT2D eigenvalue weighted by Crippen LogP contribution is 2.24. The molecule has 0 amide bonds. The van der Waals surface area contributed by atoms with Crippen LogP contribution in [0.25, 0.3) is 0 Å². The van der Waals surface area contributed by atoms with Crippen LogP contribution in [0.2, 0.25) is 0 Å². The molecule has 0 aromatic carbocycles. The summed E-state index contributed by atoms with van der Waals surface area (Å²) in [5, 5.41) is 8.74. The van der Waals surface area contributed by atoms with Crippen molar-refractivity contribution in [2.24, 2.45) is 5.92 Å². The zero-order valence-corrected chi connectivity index (χ0v) is 6.49. The Morgan fingerprint density at radius 1 is 1.75 bits per heavy atom. The summed E-state index contributed by atoms with van der Waals surface area (Å²) in [7, 11) is 0. The molecule has 4 heteroatoms. The largest absolute Gasteiger partial charge is 0.481 e. The van der Waals surface area contributed by atoms with Gasteiger partial charge < -0.3 is 9.52 Å². The molecule has 2 rings (SSSR count). The van der Waals surface area contributed by atoms with Gasteiger partial charge in [0.25, 0.3) is 0 Å². The number of aliphatic carboxylic acids is 1. The molecule has 0 saturated carbocycles. The van der Waals surface area contributed by atoms with Crippen LogP contribution in [0.3, 0.4) is 0 Å². The molecule has 0 radical (unpaired) electrons. The van der Waals surface area contributed by atoms with Crippen LogP contribution in [0.1, 0.15) is 17.9 Å². The van der Waals surface area contributed by atoms with Gasteiger partial charge in [0.15, 0.2) is 6.39 Å². The second kappa shape index (κ2) is 2.62. The number of oxazole rings is 1. The number of carbonyl (C=O) groups is 1. The third-order valence-electron chi connectivity index (χ3n) is 2.23. The van der Waals surface area contributed by atoms with Crippen molar-refractivity contribution in [3.8, 4) is 0 Å². The molecule has 1 heterocycles. The molecule has 1 aromatic heterocycles. The second-order valence-corrected chi connectivity index (χ2v) is 3.00. The molecule has 1 aliphatic carbocycles. The van der Waals surface area contributed by atoms with Crippen LogP contribution in [0.5, 0.6) is 0 Å². The SMILES string of the molecule is O=C(O)C1CCc2ocnc2C1. The molecule has 1 atom stereocenters. The number of aryl methyl sites for hydroxylation is 1. The van der Waals surface area contributed by atoms with E-state index in [2.05, 4.69) is 4.98 Å². The number of aromatic nitrogens is 1. The molecule has 1 unspecified atom stereocenters. The Bertz CT molecular complexity index is 305. The molecule has 12 heavy (non-hydrogen) atoms. The van der Waals surface area contributed by atoms with E-state index < -0.39 is 5.97 Å². The van der Waals surface area contributed by atoms with Crippen molar-refractivity contribution in [2.75, 3.05) is 0 Å². The van der Waals surface area contributed by atoms with Crippen molar-refractivity contribution >= 4 is 5.97 Å². The molecule has 64 valence electrons. The zero-order chi connectivity index (χ0) is 8.55. The summed E-state index contributed by atoms with van der Waals surface area (Å²) in [6, 6.07) is 0. The minimum Gasteiger partial charge on any atom is -0.481 e. The maximum Gasteiger partial charge on any atom is 0.306 e. The summed E-state index contributed by atoms with van der Waals surface area (Å²) in [6.45, 7) is 0. The lowest BCUT2D eigenvalue weighted by atomic mass is 9.90. The van der Waals surface area contributed by atoms with Gasteiger partial charge >= 0.3 is 5.97 Å². The number of nitrogens with zero attached hydrogens (tertiary/aromatic N) is 1. The first-order chi connectivity index (χ1) is 5.77. The molecule has 1 N–H and O–H groups in total. The monoisotopic (exact) mass is 167 g/mol. The maximum atomic E-state index is 10.6. The van der Waals surface area contributed by atoms with E-state index in [-0.39, 0.29) is 5.92 Å². The summed E-state index contributed by atoms with van der Waals surface area (Å²) >= 11 is 0.